The Morgan fingerprint density at radius 1 is 1.04 bits per heavy atom. The summed E-state index contributed by atoms with van der Waals surface area (Å²) in [4.78, 5) is 23.7. The second kappa shape index (κ2) is 9.81. The molecule has 1 aromatic carbocycles. The van der Waals surface area contributed by atoms with Gasteiger partial charge in [-0.3, -0.25) is 20.4 Å². The molecule has 0 atom stereocenters. The zero-order chi connectivity index (χ0) is 20.7. The van der Waals surface area contributed by atoms with Gasteiger partial charge < -0.3 is 0 Å². The predicted octanol–water partition coefficient (Wildman–Crippen LogP) is 0.303. The molecule has 2 N–H and O–H groups in total. The predicted molar refractivity (Wildman–Crippen MR) is 101 cm³/mol. The standard InChI is InChI=1S/C16H25N3O6S2/c1-4-5-6-10-26(22,23)12-15(20)17-18-16(21)13-8-7-9-14(11-13)27(24,25)19(2)3/h7-9,11H,4-6,10,12H2,1-3H3,(H,17,20)(H,18,21). The number of unbranched alkanes of at least 4 members (excludes halogenated alkanes) is 2. The van der Waals surface area contributed by atoms with Crippen LogP contribution in [0.15, 0.2) is 29.2 Å². The van der Waals surface area contributed by atoms with Crippen molar-refractivity contribution in [2.75, 3.05) is 25.6 Å². The molecule has 0 bridgehead atoms. The number of hydrogen-bond acceptors (Lipinski definition) is 6. The van der Waals surface area contributed by atoms with Gasteiger partial charge in [-0.1, -0.05) is 25.8 Å². The summed E-state index contributed by atoms with van der Waals surface area (Å²) in [6, 6.07) is 5.27. The Labute approximate surface area is 160 Å². The molecule has 152 valence electrons. The van der Waals surface area contributed by atoms with Gasteiger partial charge in [0, 0.05) is 19.7 Å². The van der Waals surface area contributed by atoms with Gasteiger partial charge in [-0.2, -0.15) is 0 Å². The number of sulfonamides is 1. The smallest absolute Gasteiger partial charge is 0.269 e. The highest BCUT2D eigenvalue weighted by molar-refractivity contribution is 7.92. The molecule has 1 aromatic rings. The molecule has 0 aromatic heterocycles. The number of carbonyl (C=O) groups is 2. The fourth-order valence-corrected chi connectivity index (χ4v) is 4.30. The summed E-state index contributed by atoms with van der Waals surface area (Å²) in [7, 11) is -4.53. The first-order valence-corrected chi connectivity index (χ1v) is 11.6. The van der Waals surface area contributed by atoms with Crippen molar-refractivity contribution in [3.63, 3.8) is 0 Å². The third-order valence-electron chi connectivity index (χ3n) is 3.60. The van der Waals surface area contributed by atoms with Gasteiger partial charge in [0.1, 0.15) is 5.75 Å². The van der Waals surface area contributed by atoms with Crippen LogP contribution in [0.3, 0.4) is 0 Å². The fraction of sp³-hybridized carbons (Fsp3) is 0.500. The van der Waals surface area contributed by atoms with Gasteiger partial charge in [0.25, 0.3) is 11.8 Å². The lowest BCUT2D eigenvalue weighted by Gasteiger charge is -2.12. The molecule has 0 saturated heterocycles. The fourth-order valence-electron chi connectivity index (χ4n) is 2.09. The van der Waals surface area contributed by atoms with Crippen LogP contribution in [-0.2, 0) is 24.7 Å². The van der Waals surface area contributed by atoms with Crippen molar-refractivity contribution in [1.82, 2.24) is 15.2 Å². The lowest BCUT2D eigenvalue weighted by molar-refractivity contribution is -0.119. The molecule has 0 spiro atoms. The summed E-state index contributed by atoms with van der Waals surface area (Å²) in [5, 5.41) is 0. The number of nitrogens with one attached hydrogen (secondary N) is 2. The number of sulfone groups is 1. The zero-order valence-corrected chi connectivity index (χ0v) is 17.2. The minimum atomic E-state index is -3.71. The average Bonchev–Trinajstić information content (AvgIpc) is 2.59. The summed E-state index contributed by atoms with van der Waals surface area (Å²) in [5.41, 5.74) is 4.12. The molecule has 0 saturated carbocycles. The number of amides is 2. The molecule has 27 heavy (non-hydrogen) atoms. The Morgan fingerprint density at radius 3 is 2.30 bits per heavy atom. The van der Waals surface area contributed by atoms with Crippen LogP contribution in [0.4, 0.5) is 0 Å². The number of hydrogen-bond donors (Lipinski definition) is 2. The molecule has 0 radical (unpaired) electrons. The van der Waals surface area contributed by atoms with E-state index in [0.29, 0.717) is 6.42 Å². The lowest BCUT2D eigenvalue weighted by atomic mass is 10.2. The number of nitrogens with zero attached hydrogens (tertiary/aromatic N) is 1. The van der Waals surface area contributed by atoms with Gasteiger partial charge >= 0.3 is 0 Å². The number of rotatable bonds is 9. The van der Waals surface area contributed by atoms with Crippen molar-refractivity contribution >= 4 is 31.7 Å². The van der Waals surface area contributed by atoms with Gasteiger partial charge in [-0.25, -0.2) is 21.1 Å². The molecular weight excluding hydrogens is 394 g/mol. The Bertz CT molecular complexity index is 879. The van der Waals surface area contributed by atoms with Crippen molar-refractivity contribution < 1.29 is 26.4 Å². The zero-order valence-electron chi connectivity index (χ0n) is 15.6. The third-order valence-corrected chi connectivity index (χ3v) is 7.02. The van der Waals surface area contributed by atoms with Crippen molar-refractivity contribution in [2.24, 2.45) is 0 Å². The SMILES string of the molecule is CCCCCS(=O)(=O)CC(=O)NNC(=O)c1cccc(S(=O)(=O)N(C)C)c1. The maximum absolute atomic E-state index is 12.1. The molecular formula is C16H25N3O6S2. The quantitative estimate of drug-likeness (QED) is 0.437. The van der Waals surface area contributed by atoms with Crippen molar-refractivity contribution in [3.8, 4) is 0 Å². The minimum absolute atomic E-state index is 0.00373. The van der Waals surface area contributed by atoms with Crippen molar-refractivity contribution in [2.45, 2.75) is 31.1 Å². The molecule has 0 heterocycles. The van der Waals surface area contributed by atoms with E-state index in [4.69, 9.17) is 0 Å². The molecule has 0 fully saturated rings. The van der Waals surface area contributed by atoms with Crippen LogP contribution < -0.4 is 10.9 Å². The van der Waals surface area contributed by atoms with E-state index in [9.17, 15) is 26.4 Å². The van der Waals surface area contributed by atoms with E-state index in [1.165, 1.54) is 32.3 Å². The number of carbonyl (C=O) groups excluding carboxylic acids is 2. The highest BCUT2D eigenvalue weighted by atomic mass is 32.2. The maximum Gasteiger partial charge on any atom is 0.269 e. The molecule has 0 aliphatic heterocycles. The van der Waals surface area contributed by atoms with Crippen LogP contribution in [0, 0.1) is 0 Å². The first-order valence-electron chi connectivity index (χ1n) is 8.32. The van der Waals surface area contributed by atoms with Crippen LogP contribution in [0.1, 0.15) is 36.5 Å². The Balaban J connectivity index is 2.69. The van der Waals surface area contributed by atoms with Gasteiger partial charge in [-0.15, -0.1) is 0 Å². The van der Waals surface area contributed by atoms with Gasteiger partial charge in [0.2, 0.25) is 10.0 Å². The van der Waals surface area contributed by atoms with Gasteiger partial charge in [0.15, 0.2) is 9.84 Å². The summed E-state index contributed by atoms with van der Waals surface area (Å²) in [6.45, 7) is 1.94. The Hall–Kier alpha value is -1.98. The summed E-state index contributed by atoms with van der Waals surface area (Å²) >= 11 is 0. The number of hydrazine groups is 1. The highest BCUT2D eigenvalue weighted by Gasteiger charge is 2.20. The van der Waals surface area contributed by atoms with Crippen LogP contribution in [0.5, 0.6) is 0 Å². The highest BCUT2D eigenvalue weighted by Crippen LogP contribution is 2.14. The molecule has 0 unspecified atom stereocenters. The topological polar surface area (TPSA) is 130 Å². The van der Waals surface area contributed by atoms with E-state index in [1.807, 2.05) is 12.3 Å². The maximum atomic E-state index is 12.1. The van der Waals surface area contributed by atoms with Crippen molar-refractivity contribution in [1.29, 1.82) is 0 Å². The van der Waals surface area contributed by atoms with E-state index in [0.717, 1.165) is 23.2 Å². The summed E-state index contributed by atoms with van der Waals surface area (Å²) < 4.78 is 48.8. The van der Waals surface area contributed by atoms with E-state index < -0.39 is 37.4 Å². The van der Waals surface area contributed by atoms with Crippen LogP contribution >= 0.6 is 0 Å². The van der Waals surface area contributed by atoms with E-state index in [2.05, 4.69) is 5.43 Å². The van der Waals surface area contributed by atoms with E-state index >= 15 is 0 Å². The molecule has 2 amide bonds. The van der Waals surface area contributed by atoms with E-state index in [1.54, 1.807) is 0 Å². The normalized spacial score (nSPS) is 12.0. The van der Waals surface area contributed by atoms with E-state index in [-0.39, 0.29) is 16.2 Å². The second-order valence-electron chi connectivity index (χ2n) is 6.12. The van der Waals surface area contributed by atoms with Crippen LogP contribution in [0.2, 0.25) is 0 Å². The molecule has 0 aliphatic carbocycles. The Morgan fingerprint density at radius 2 is 1.70 bits per heavy atom. The average molecular weight is 420 g/mol. The van der Waals surface area contributed by atoms with Gasteiger partial charge in [0.05, 0.1) is 10.6 Å². The van der Waals surface area contributed by atoms with Crippen LogP contribution in [0.25, 0.3) is 0 Å². The summed E-state index contributed by atoms with van der Waals surface area (Å²) in [5.74, 6) is -2.45. The minimum Gasteiger partial charge on any atom is -0.272 e. The lowest BCUT2D eigenvalue weighted by Crippen LogP contribution is -2.44. The third kappa shape index (κ3) is 7.27. The molecule has 1 rings (SSSR count). The first-order chi connectivity index (χ1) is 12.5. The summed E-state index contributed by atoms with van der Waals surface area (Å²) in [6.07, 6.45) is 2.09. The van der Waals surface area contributed by atoms with Gasteiger partial charge in [-0.05, 0) is 24.6 Å². The first kappa shape index (κ1) is 23.1. The monoisotopic (exact) mass is 419 g/mol. The Kier molecular flexibility index (Phi) is 8.38. The largest absolute Gasteiger partial charge is 0.272 e. The molecule has 11 heteroatoms. The molecule has 9 nitrogen and oxygen atoms in total. The number of benzene rings is 1. The molecule has 0 aliphatic rings. The van der Waals surface area contributed by atoms with Crippen LogP contribution in [-0.4, -0.2) is 58.6 Å². The van der Waals surface area contributed by atoms with Crippen molar-refractivity contribution in [3.05, 3.63) is 29.8 Å². The second-order valence-corrected chi connectivity index (χ2v) is 10.5.